The van der Waals surface area contributed by atoms with Gasteiger partial charge in [-0.05, 0) is 86.5 Å². The molecule has 0 aliphatic heterocycles. The number of ether oxygens (including phenoxy) is 1. The Labute approximate surface area is 242 Å². The first kappa shape index (κ1) is 28.3. The van der Waals surface area contributed by atoms with Crippen molar-refractivity contribution in [2.45, 2.75) is 32.7 Å². The van der Waals surface area contributed by atoms with Crippen molar-refractivity contribution in [1.29, 1.82) is 0 Å². The van der Waals surface area contributed by atoms with Crippen molar-refractivity contribution < 1.29 is 18.7 Å². The van der Waals surface area contributed by atoms with Crippen molar-refractivity contribution in [3.05, 3.63) is 102 Å². The van der Waals surface area contributed by atoms with Gasteiger partial charge >= 0.3 is 0 Å². The molecule has 2 amide bonds. The number of methoxy groups -OCH3 is 1. The lowest BCUT2D eigenvalue weighted by atomic mass is 10.1. The van der Waals surface area contributed by atoms with Gasteiger partial charge in [0, 0.05) is 28.6 Å². The van der Waals surface area contributed by atoms with Gasteiger partial charge < -0.3 is 20.7 Å². The number of hydrogen-bond acceptors (Lipinski definition) is 6. The lowest BCUT2D eigenvalue weighted by molar-refractivity contribution is -0.115. The number of carbonyl (C=O) groups excluding carboxylic acids is 2. The van der Waals surface area contributed by atoms with E-state index < -0.39 is 0 Å². The Kier molecular flexibility index (Phi) is 7.88. The second kappa shape index (κ2) is 11.7. The Morgan fingerprint density at radius 3 is 2.33 bits per heavy atom. The zero-order chi connectivity index (χ0) is 29.9. The molecule has 0 unspecified atom stereocenters. The fourth-order valence-corrected chi connectivity index (χ4v) is 4.31. The van der Waals surface area contributed by atoms with Gasteiger partial charge in [-0.25, -0.2) is 8.91 Å². The van der Waals surface area contributed by atoms with E-state index in [1.54, 1.807) is 34.8 Å². The Balaban J connectivity index is 1.27. The van der Waals surface area contributed by atoms with Crippen molar-refractivity contribution >= 4 is 34.8 Å². The van der Waals surface area contributed by atoms with Gasteiger partial charge in [-0.3, -0.25) is 9.59 Å². The number of carbonyl (C=O) groups is 2. The molecule has 0 saturated heterocycles. The number of nitrogens with one attached hydrogen (secondary N) is 3. The highest BCUT2D eigenvalue weighted by Gasteiger charge is 2.17. The van der Waals surface area contributed by atoms with Crippen LogP contribution in [0, 0.1) is 5.82 Å². The highest BCUT2D eigenvalue weighted by atomic mass is 19.1. The van der Waals surface area contributed by atoms with E-state index in [0.29, 0.717) is 34.3 Å². The quantitative estimate of drug-likeness (QED) is 0.213. The summed E-state index contributed by atoms with van der Waals surface area (Å²) in [5, 5.41) is 13.5. The number of nitrogens with zero attached hydrogens (tertiary/aromatic N) is 3. The number of rotatable bonds is 8. The summed E-state index contributed by atoms with van der Waals surface area (Å²) in [7, 11) is 1.54. The van der Waals surface area contributed by atoms with E-state index in [-0.39, 0.29) is 29.6 Å². The van der Waals surface area contributed by atoms with Crippen molar-refractivity contribution in [1.82, 2.24) is 19.9 Å². The first-order chi connectivity index (χ1) is 20.1. The van der Waals surface area contributed by atoms with Gasteiger partial charge in [0.1, 0.15) is 11.6 Å². The summed E-state index contributed by atoms with van der Waals surface area (Å²) in [6, 6.07) is 22.3. The first-order valence-corrected chi connectivity index (χ1v) is 13.3. The fourth-order valence-electron chi connectivity index (χ4n) is 4.31. The van der Waals surface area contributed by atoms with E-state index in [1.807, 2.05) is 63.4 Å². The van der Waals surface area contributed by atoms with Crippen LogP contribution in [0.4, 0.5) is 21.7 Å². The summed E-state index contributed by atoms with van der Waals surface area (Å²) in [6.07, 6.45) is 2.02. The van der Waals surface area contributed by atoms with Gasteiger partial charge in [0.15, 0.2) is 5.65 Å². The van der Waals surface area contributed by atoms with Gasteiger partial charge in [0.05, 0.1) is 19.2 Å². The smallest absolute Gasteiger partial charge is 0.251 e. The van der Waals surface area contributed by atoms with E-state index in [4.69, 9.17) is 4.74 Å². The predicted octanol–water partition coefficient (Wildman–Crippen LogP) is 6.00. The van der Waals surface area contributed by atoms with Gasteiger partial charge in [0.25, 0.3) is 5.91 Å². The van der Waals surface area contributed by atoms with Gasteiger partial charge in [-0.1, -0.05) is 24.3 Å². The first-order valence-electron chi connectivity index (χ1n) is 13.3. The molecule has 0 aliphatic carbocycles. The predicted molar refractivity (Wildman–Crippen MR) is 161 cm³/mol. The molecule has 9 nitrogen and oxygen atoms in total. The molecule has 3 aromatic carbocycles. The monoisotopic (exact) mass is 566 g/mol. The molecule has 5 aromatic rings. The van der Waals surface area contributed by atoms with Crippen LogP contribution in [0.5, 0.6) is 5.75 Å². The van der Waals surface area contributed by atoms with Crippen LogP contribution in [-0.4, -0.2) is 39.1 Å². The van der Waals surface area contributed by atoms with Gasteiger partial charge in [-0.2, -0.15) is 4.98 Å². The molecular formula is C32H31FN6O3. The number of anilines is 3. The highest BCUT2D eigenvalue weighted by molar-refractivity contribution is 5.96. The van der Waals surface area contributed by atoms with Crippen LogP contribution in [0.25, 0.3) is 16.8 Å². The average molecular weight is 567 g/mol. The largest absolute Gasteiger partial charge is 0.495 e. The molecule has 0 atom stereocenters. The van der Waals surface area contributed by atoms with Crippen LogP contribution in [-0.2, 0) is 11.2 Å². The third-order valence-electron chi connectivity index (χ3n) is 6.31. The third kappa shape index (κ3) is 6.90. The van der Waals surface area contributed by atoms with Crippen LogP contribution in [0.3, 0.4) is 0 Å². The molecule has 0 spiro atoms. The number of hydrogen-bond donors (Lipinski definition) is 3. The van der Waals surface area contributed by atoms with Crippen molar-refractivity contribution in [3.8, 4) is 16.9 Å². The van der Waals surface area contributed by atoms with E-state index in [2.05, 4.69) is 26.0 Å². The molecule has 5 rings (SSSR count). The SMILES string of the molecule is COc1cc(C(=O)NC(C)(C)C)ccc1Nc1nc2ccc(-c3ccc(NC(=O)Cc4ccc(F)cc4)cc3)cn2n1. The second-order valence-electron chi connectivity index (χ2n) is 10.8. The lowest BCUT2D eigenvalue weighted by Crippen LogP contribution is -2.40. The highest BCUT2D eigenvalue weighted by Crippen LogP contribution is 2.29. The number of aromatic nitrogens is 3. The minimum atomic E-state index is -0.356. The number of amides is 2. The van der Waals surface area contributed by atoms with Crippen molar-refractivity contribution in [2.24, 2.45) is 0 Å². The summed E-state index contributed by atoms with van der Waals surface area (Å²) in [4.78, 5) is 29.5. The van der Waals surface area contributed by atoms with E-state index >= 15 is 0 Å². The molecule has 10 heteroatoms. The molecule has 214 valence electrons. The topological polar surface area (TPSA) is 110 Å². The number of pyridine rings is 1. The summed E-state index contributed by atoms with van der Waals surface area (Å²) in [6.45, 7) is 5.77. The maximum absolute atomic E-state index is 13.1. The molecule has 0 aliphatic rings. The average Bonchev–Trinajstić information content (AvgIpc) is 3.35. The molecule has 2 heterocycles. The van der Waals surface area contributed by atoms with Crippen molar-refractivity contribution in [3.63, 3.8) is 0 Å². The molecule has 3 N–H and O–H groups in total. The minimum Gasteiger partial charge on any atom is -0.495 e. The zero-order valence-corrected chi connectivity index (χ0v) is 23.7. The van der Waals surface area contributed by atoms with Gasteiger partial charge in [-0.15, -0.1) is 5.10 Å². The van der Waals surface area contributed by atoms with Gasteiger partial charge in [0.2, 0.25) is 11.9 Å². The Morgan fingerprint density at radius 1 is 0.929 bits per heavy atom. The lowest BCUT2D eigenvalue weighted by Gasteiger charge is -2.21. The Bertz CT molecular complexity index is 1740. The molecule has 0 fully saturated rings. The van der Waals surface area contributed by atoms with Crippen LogP contribution in [0.15, 0.2) is 85.1 Å². The summed E-state index contributed by atoms with van der Waals surface area (Å²) >= 11 is 0. The minimum absolute atomic E-state index is 0.157. The van der Waals surface area contributed by atoms with Crippen molar-refractivity contribution in [2.75, 3.05) is 17.7 Å². The Hall–Kier alpha value is -5.25. The maximum Gasteiger partial charge on any atom is 0.251 e. The normalized spacial score (nSPS) is 11.3. The molecule has 42 heavy (non-hydrogen) atoms. The molecular weight excluding hydrogens is 535 g/mol. The van der Waals surface area contributed by atoms with E-state index in [0.717, 1.165) is 16.7 Å². The molecule has 0 bridgehead atoms. The summed E-state index contributed by atoms with van der Waals surface area (Å²) < 4.78 is 20.3. The second-order valence-corrected chi connectivity index (χ2v) is 10.8. The maximum atomic E-state index is 13.1. The number of fused-ring (bicyclic) bond motifs is 1. The fraction of sp³-hybridized carbons (Fsp3) is 0.188. The van der Waals surface area contributed by atoms with E-state index in [1.165, 1.54) is 19.2 Å². The molecule has 0 saturated carbocycles. The molecule has 2 aromatic heterocycles. The summed E-state index contributed by atoms with van der Waals surface area (Å²) in [5.41, 5.74) is 4.64. The zero-order valence-electron chi connectivity index (χ0n) is 23.7. The third-order valence-corrected chi connectivity index (χ3v) is 6.31. The van der Waals surface area contributed by atoms with Crippen LogP contribution < -0.4 is 20.7 Å². The number of benzene rings is 3. The van der Waals surface area contributed by atoms with Crippen LogP contribution in [0.1, 0.15) is 36.7 Å². The standard InChI is InChI=1S/C32H31FN6O3/c1-32(2,3)37-30(41)22-9-15-26(27(18-22)42-4)35-31-36-28-16-10-23(19-39(28)38-31)21-7-13-25(14-8-21)34-29(40)17-20-5-11-24(33)12-6-20/h5-16,18-19H,17H2,1-4H3,(H,34,40)(H,35,38)(H,37,41). The summed E-state index contributed by atoms with van der Waals surface area (Å²) in [5.74, 6) is 0.154. The van der Waals surface area contributed by atoms with E-state index in [9.17, 15) is 14.0 Å². The Morgan fingerprint density at radius 2 is 1.64 bits per heavy atom. The number of halogens is 1. The van der Waals surface area contributed by atoms with Crippen LogP contribution >= 0.6 is 0 Å². The molecule has 0 radical (unpaired) electrons. The van der Waals surface area contributed by atoms with Crippen LogP contribution in [0.2, 0.25) is 0 Å².